The van der Waals surface area contributed by atoms with Gasteiger partial charge in [-0.25, -0.2) is 9.78 Å². The second kappa shape index (κ2) is 9.49. The van der Waals surface area contributed by atoms with Crippen LogP contribution in [0.1, 0.15) is 12.8 Å². The quantitative estimate of drug-likeness (QED) is 0.551. The Morgan fingerprint density at radius 1 is 0.900 bits per heavy atom. The standard InChI is InChI=1S/C21H28N6O2.ClH/c1-23-19-18(20(28)24(2)21(23)29)27(16-22-19)11-7-6-10-25-12-14-26(15-13-25)17-8-4-3-5-9-17;/h3-5,8-9,16H,6-7,10-15H2,1-2H3;1H. The van der Waals surface area contributed by atoms with Gasteiger partial charge in [0.25, 0.3) is 5.56 Å². The molecule has 1 saturated heterocycles. The molecule has 0 aliphatic carbocycles. The van der Waals surface area contributed by atoms with Gasteiger partial charge in [0.1, 0.15) is 0 Å². The second-order valence-corrected chi connectivity index (χ2v) is 7.69. The van der Waals surface area contributed by atoms with Crippen molar-refractivity contribution < 1.29 is 0 Å². The minimum atomic E-state index is -0.345. The zero-order valence-corrected chi connectivity index (χ0v) is 18.3. The van der Waals surface area contributed by atoms with Crippen molar-refractivity contribution in [2.45, 2.75) is 19.4 Å². The lowest BCUT2D eigenvalue weighted by Gasteiger charge is -2.36. The van der Waals surface area contributed by atoms with Crippen LogP contribution >= 0.6 is 12.4 Å². The highest BCUT2D eigenvalue weighted by Crippen LogP contribution is 2.16. The summed E-state index contributed by atoms with van der Waals surface area (Å²) in [5.41, 5.74) is 1.64. The molecule has 0 amide bonds. The molecular weight excluding hydrogens is 404 g/mol. The summed E-state index contributed by atoms with van der Waals surface area (Å²) in [5, 5.41) is 0. The topological polar surface area (TPSA) is 68.3 Å². The van der Waals surface area contributed by atoms with Crippen LogP contribution < -0.4 is 16.1 Å². The van der Waals surface area contributed by atoms with E-state index in [1.165, 1.54) is 17.3 Å². The highest BCUT2D eigenvalue weighted by molar-refractivity contribution is 5.85. The Morgan fingerprint density at radius 3 is 2.27 bits per heavy atom. The molecule has 0 unspecified atom stereocenters. The molecule has 0 saturated carbocycles. The molecule has 8 nitrogen and oxygen atoms in total. The van der Waals surface area contributed by atoms with Crippen LogP contribution in [0.15, 0.2) is 46.2 Å². The monoisotopic (exact) mass is 432 g/mol. The van der Waals surface area contributed by atoms with Crippen molar-refractivity contribution in [2.24, 2.45) is 14.1 Å². The molecule has 0 atom stereocenters. The summed E-state index contributed by atoms with van der Waals surface area (Å²) < 4.78 is 4.45. The summed E-state index contributed by atoms with van der Waals surface area (Å²) in [6, 6.07) is 10.6. The summed E-state index contributed by atoms with van der Waals surface area (Å²) >= 11 is 0. The number of fused-ring (bicyclic) bond motifs is 1. The second-order valence-electron chi connectivity index (χ2n) is 7.69. The van der Waals surface area contributed by atoms with E-state index in [1.807, 2.05) is 4.57 Å². The van der Waals surface area contributed by atoms with E-state index in [0.717, 1.165) is 56.7 Å². The van der Waals surface area contributed by atoms with Gasteiger partial charge in [-0.1, -0.05) is 18.2 Å². The highest BCUT2D eigenvalue weighted by Gasteiger charge is 2.17. The Morgan fingerprint density at radius 2 is 1.57 bits per heavy atom. The van der Waals surface area contributed by atoms with E-state index in [2.05, 4.69) is 45.1 Å². The molecule has 2 aromatic heterocycles. The summed E-state index contributed by atoms with van der Waals surface area (Å²) in [4.78, 5) is 33.7. The number of rotatable bonds is 6. The van der Waals surface area contributed by atoms with Gasteiger partial charge in [-0.05, 0) is 31.5 Å². The van der Waals surface area contributed by atoms with Crippen LogP contribution in [0.25, 0.3) is 11.2 Å². The first-order valence-corrected chi connectivity index (χ1v) is 10.2. The predicted molar refractivity (Wildman–Crippen MR) is 122 cm³/mol. The van der Waals surface area contributed by atoms with Gasteiger partial charge in [0.05, 0.1) is 6.33 Å². The van der Waals surface area contributed by atoms with Crippen LogP contribution in [0.3, 0.4) is 0 Å². The molecule has 30 heavy (non-hydrogen) atoms. The molecule has 3 aromatic rings. The molecule has 0 N–H and O–H groups in total. The van der Waals surface area contributed by atoms with E-state index in [1.54, 1.807) is 13.4 Å². The molecule has 3 heterocycles. The van der Waals surface area contributed by atoms with Crippen LogP contribution in [0, 0.1) is 0 Å². The number of nitrogens with zero attached hydrogens (tertiary/aromatic N) is 6. The molecule has 0 bridgehead atoms. The first-order chi connectivity index (χ1) is 14.1. The third-order valence-electron chi connectivity index (χ3n) is 5.83. The van der Waals surface area contributed by atoms with Crippen molar-refractivity contribution >= 4 is 29.3 Å². The fourth-order valence-corrected chi connectivity index (χ4v) is 4.05. The van der Waals surface area contributed by atoms with Crippen LogP contribution in [0.2, 0.25) is 0 Å². The van der Waals surface area contributed by atoms with E-state index < -0.39 is 0 Å². The van der Waals surface area contributed by atoms with E-state index in [-0.39, 0.29) is 23.7 Å². The smallest absolute Gasteiger partial charge is 0.332 e. The first kappa shape index (κ1) is 22.1. The molecule has 9 heteroatoms. The summed E-state index contributed by atoms with van der Waals surface area (Å²) in [7, 11) is 3.16. The molecule has 1 aromatic carbocycles. The maximum atomic E-state index is 12.5. The molecular formula is C21H29ClN6O2. The number of anilines is 1. The van der Waals surface area contributed by atoms with Crippen LogP contribution in [0.4, 0.5) is 5.69 Å². The molecule has 1 aliphatic rings. The first-order valence-electron chi connectivity index (χ1n) is 10.2. The third-order valence-corrected chi connectivity index (χ3v) is 5.83. The number of hydrogen-bond acceptors (Lipinski definition) is 5. The van der Waals surface area contributed by atoms with E-state index >= 15 is 0 Å². The number of benzene rings is 1. The maximum absolute atomic E-state index is 12.5. The molecule has 0 spiro atoms. The molecule has 162 valence electrons. The average molecular weight is 433 g/mol. The fourth-order valence-electron chi connectivity index (χ4n) is 4.05. The Kier molecular flexibility index (Phi) is 6.99. The summed E-state index contributed by atoms with van der Waals surface area (Å²) in [6.07, 6.45) is 3.71. The van der Waals surface area contributed by atoms with Gasteiger partial charge in [-0.2, -0.15) is 0 Å². The number of para-hydroxylation sites is 1. The van der Waals surface area contributed by atoms with Crippen molar-refractivity contribution in [3.63, 3.8) is 0 Å². The number of aromatic nitrogens is 4. The van der Waals surface area contributed by atoms with Crippen molar-refractivity contribution in [3.05, 3.63) is 57.5 Å². The SMILES string of the molecule is Cl.Cn1c(=O)c2c(ncn2CCCCN2CCN(c3ccccc3)CC2)n(C)c1=O. The maximum Gasteiger partial charge on any atom is 0.332 e. The fraction of sp³-hybridized carbons (Fsp3) is 0.476. The van der Waals surface area contributed by atoms with Crippen molar-refractivity contribution in [1.29, 1.82) is 0 Å². The highest BCUT2D eigenvalue weighted by atomic mass is 35.5. The minimum absolute atomic E-state index is 0. The Bertz CT molecular complexity index is 1100. The van der Waals surface area contributed by atoms with Crippen LogP contribution in [-0.2, 0) is 20.6 Å². The van der Waals surface area contributed by atoms with E-state index in [9.17, 15) is 9.59 Å². The molecule has 0 radical (unpaired) electrons. The number of hydrogen-bond donors (Lipinski definition) is 0. The lowest BCUT2D eigenvalue weighted by atomic mass is 10.2. The lowest BCUT2D eigenvalue weighted by molar-refractivity contribution is 0.251. The van der Waals surface area contributed by atoms with Gasteiger partial charge in [0, 0.05) is 52.5 Å². The largest absolute Gasteiger partial charge is 0.369 e. The summed E-state index contributed by atoms with van der Waals surface area (Å²) in [5.74, 6) is 0. The Hall–Kier alpha value is -2.58. The lowest BCUT2D eigenvalue weighted by Crippen LogP contribution is -2.46. The van der Waals surface area contributed by atoms with Gasteiger partial charge >= 0.3 is 5.69 Å². The van der Waals surface area contributed by atoms with E-state index in [4.69, 9.17) is 0 Å². The third kappa shape index (κ3) is 4.29. The van der Waals surface area contributed by atoms with Gasteiger partial charge < -0.3 is 9.47 Å². The Labute approximate surface area is 181 Å². The van der Waals surface area contributed by atoms with Crippen LogP contribution in [-0.4, -0.2) is 56.3 Å². The average Bonchev–Trinajstić information content (AvgIpc) is 3.19. The van der Waals surface area contributed by atoms with Crippen molar-refractivity contribution in [1.82, 2.24) is 23.6 Å². The molecule has 1 aliphatic heterocycles. The normalized spacial score (nSPS) is 14.8. The van der Waals surface area contributed by atoms with Gasteiger partial charge in [-0.3, -0.25) is 18.8 Å². The van der Waals surface area contributed by atoms with Gasteiger partial charge in [-0.15, -0.1) is 12.4 Å². The number of aryl methyl sites for hydroxylation is 2. The van der Waals surface area contributed by atoms with Crippen molar-refractivity contribution in [2.75, 3.05) is 37.6 Å². The van der Waals surface area contributed by atoms with Gasteiger partial charge in [0.2, 0.25) is 0 Å². The zero-order valence-electron chi connectivity index (χ0n) is 17.5. The minimum Gasteiger partial charge on any atom is -0.369 e. The van der Waals surface area contributed by atoms with Crippen LogP contribution in [0.5, 0.6) is 0 Å². The van der Waals surface area contributed by atoms with E-state index in [0.29, 0.717) is 11.2 Å². The van der Waals surface area contributed by atoms with Crippen molar-refractivity contribution in [3.8, 4) is 0 Å². The number of unbranched alkanes of at least 4 members (excludes halogenated alkanes) is 1. The number of piperazine rings is 1. The Balaban J connectivity index is 0.00000256. The van der Waals surface area contributed by atoms with Gasteiger partial charge in [0.15, 0.2) is 11.2 Å². The molecule has 4 rings (SSSR count). The number of imidazole rings is 1. The molecule has 1 fully saturated rings. The zero-order chi connectivity index (χ0) is 20.4. The summed E-state index contributed by atoms with van der Waals surface area (Å²) in [6.45, 7) is 6.05. The predicted octanol–water partition coefficient (Wildman–Crippen LogP) is 1.46. The number of halogens is 1.